The second-order valence-corrected chi connectivity index (χ2v) is 5.97. The van der Waals surface area contributed by atoms with Gasteiger partial charge in [-0.1, -0.05) is 50.6 Å². The van der Waals surface area contributed by atoms with Crippen LogP contribution in [0, 0.1) is 3.57 Å². The van der Waals surface area contributed by atoms with Crippen molar-refractivity contribution in [2.24, 2.45) is 0 Å². The Hall–Kier alpha value is 0.0400. The first kappa shape index (κ1) is 15.1. The van der Waals surface area contributed by atoms with Gasteiger partial charge in [-0.2, -0.15) is 0 Å². The van der Waals surface area contributed by atoms with E-state index in [0.29, 0.717) is 0 Å². The number of halogens is 2. The summed E-state index contributed by atoms with van der Waals surface area (Å²) >= 11 is 8.42. The molecule has 0 spiro atoms. The molecule has 0 bridgehead atoms. The zero-order valence-corrected chi connectivity index (χ0v) is 13.4. The lowest BCUT2D eigenvalue weighted by atomic mass is 10.1. The number of unbranched alkanes of at least 4 members (excludes halogenated alkanes) is 5. The molecule has 1 aromatic carbocycles. The molecule has 0 saturated carbocycles. The van der Waals surface area contributed by atoms with Gasteiger partial charge in [0.15, 0.2) is 0 Å². The third-order valence-electron chi connectivity index (χ3n) is 2.78. The third-order valence-corrected chi connectivity index (χ3v) is 3.76. The first-order valence-corrected chi connectivity index (χ1v) is 7.88. The molecule has 1 aromatic rings. The Morgan fingerprint density at radius 3 is 2.53 bits per heavy atom. The van der Waals surface area contributed by atoms with Gasteiger partial charge in [0.1, 0.15) is 0 Å². The third kappa shape index (κ3) is 6.51. The van der Waals surface area contributed by atoms with Crippen molar-refractivity contribution in [2.45, 2.75) is 45.4 Å². The van der Waals surface area contributed by atoms with Gasteiger partial charge < -0.3 is 5.32 Å². The van der Waals surface area contributed by atoms with Gasteiger partial charge in [-0.05, 0) is 47.2 Å². The molecule has 0 unspecified atom stereocenters. The Morgan fingerprint density at radius 1 is 1.12 bits per heavy atom. The number of rotatable bonds is 8. The Labute approximate surface area is 123 Å². The molecule has 1 nitrogen and oxygen atoms in total. The summed E-state index contributed by atoms with van der Waals surface area (Å²) in [6, 6.07) is 6.13. The lowest BCUT2D eigenvalue weighted by molar-refractivity contribution is 0.617. The smallest absolute Gasteiger partial charge is 0.0648 e. The van der Waals surface area contributed by atoms with Crippen LogP contribution in [-0.2, 0) is 0 Å². The second kappa shape index (κ2) is 9.03. The minimum Gasteiger partial charge on any atom is -0.384 e. The topological polar surface area (TPSA) is 12.0 Å². The molecular formula is C14H21ClIN. The molecule has 1 rings (SSSR count). The minimum atomic E-state index is 0.822. The van der Waals surface area contributed by atoms with Crippen LogP contribution in [0.5, 0.6) is 0 Å². The highest BCUT2D eigenvalue weighted by atomic mass is 127. The van der Waals surface area contributed by atoms with Crippen LogP contribution in [-0.4, -0.2) is 6.54 Å². The molecule has 17 heavy (non-hydrogen) atoms. The Morgan fingerprint density at radius 2 is 1.82 bits per heavy atom. The molecule has 0 heterocycles. The van der Waals surface area contributed by atoms with E-state index >= 15 is 0 Å². The van der Waals surface area contributed by atoms with E-state index < -0.39 is 0 Å². The monoisotopic (exact) mass is 365 g/mol. The SMILES string of the molecule is CCCCCCCCNc1ccc(I)cc1Cl. The van der Waals surface area contributed by atoms with Gasteiger partial charge in [0.25, 0.3) is 0 Å². The number of hydrogen-bond donors (Lipinski definition) is 1. The highest BCUT2D eigenvalue weighted by molar-refractivity contribution is 14.1. The van der Waals surface area contributed by atoms with E-state index in [1.165, 1.54) is 42.1 Å². The van der Waals surface area contributed by atoms with Gasteiger partial charge in [-0.15, -0.1) is 0 Å². The average molecular weight is 366 g/mol. The van der Waals surface area contributed by atoms with Crippen molar-refractivity contribution in [3.63, 3.8) is 0 Å². The second-order valence-electron chi connectivity index (χ2n) is 4.32. The first-order valence-electron chi connectivity index (χ1n) is 6.43. The van der Waals surface area contributed by atoms with Crippen LogP contribution in [0.25, 0.3) is 0 Å². The van der Waals surface area contributed by atoms with E-state index in [9.17, 15) is 0 Å². The van der Waals surface area contributed by atoms with E-state index in [1.807, 2.05) is 6.07 Å². The Kier molecular flexibility index (Phi) is 8.02. The van der Waals surface area contributed by atoms with Gasteiger partial charge in [-0.25, -0.2) is 0 Å². The van der Waals surface area contributed by atoms with Crippen LogP contribution in [0.4, 0.5) is 5.69 Å². The summed E-state index contributed by atoms with van der Waals surface area (Å²) in [5.74, 6) is 0. The van der Waals surface area contributed by atoms with Crippen LogP contribution in [0.1, 0.15) is 45.4 Å². The van der Waals surface area contributed by atoms with Crippen molar-refractivity contribution in [2.75, 3.05) is 11.9 Å². The molecule has 0 aliphatic heterocycles. The summed E-state index contributed by atoms with van der Waals surface area (Å²) in [6.45, 7) is 3.27. The molecule has 3 heteroatoms. The average Bonchev–Trinajstić information content (AvgIpc) is 2.30. The highest BCUT2D eigenvalue weighted by Gasteiger charge is 1.99. The minimum absolute atomic E-state index is 0.822. The molecule has 0 atom stereocenters. The molecule has 96 valence electrons. The van der Waals surface area contributed by atoms with Crippen LogP contribution in [0.3, 0.4) is 0 Å². The van der Waals surface area contributed by atoms with Gasteiger partial charge in [-0.3, -0.25) is 0 Å². The zero-order valence-electron chi connectivity index (χ0n) is 10.4. The van der Waals surface area contributed by atoms with Crippen LogP contribution in [0.2, 0.25) is 5.02 Å². The highest BCUT2D eigenvalue weighted by Crippen LogP contribution is 2.23. The summed E-state index contributed by atoms with van der Waals surface area (Å²) in [5, 5.41) is 4.22. The lowest BCUT2D eigenvalue weighted by Crippen LogP contribution is -2.01. The van der Waals surface area contributed by atoms with Crippen LogP contribution >= 0.6 is 34.2 Å². The summed E-state index contributed by atoms with van der Waals surface area (Å²) in [6.07, 6.45) is 7.96. The van der Waals surface area contributed by atoms with Gasteiger partial charge in [0, 0.05) is 10.1 Å². The number of hydrogen-bond acceptors (Lipinski definition) is 1. The Bertz CT molecular complexity index is 328. The van der Waals surface area contributed by atoms with E-state index in [0.717, 1.165) is 17.3 Å². The van der Waals surface area contributed by atoms with E-state index in [2.05, 4.69) is 47.0 Å². The summed E-state index contributed by atoms with van der Waals surface area (Å²) in [4.78, 5) is 0. The lowest BCUT2D eigenvalue weighted by Gasteiger charge is -2.08. The van der Waals surface area contributed by atoms with E-state index in [-0.39, 0.29) is 0 Å². The molecule has 1 N–H and O–H groups in total. The molecule has 0 aliphatic rings. The fraction of sp³-hybridized carbons (Fsp3) is 0.571. The van der Waals surface area contributed by atoms with Gasteiger partial charge in [0.05, 0.1) is 10.7 Å². The number of nitrogens with one attached hydrogen (secondary N) is 1. The van der Waals surface area contributed by atoms with Crippen LogP contribution in [0.15, 0.2) is 18.2 Å². The maximum Gasteiger partial charge on any atom is 0.0648 e. The van der Waals surface area contributed by atoms with Crippen molar-refractivity contribution in [1.82, 2.24) is 0 Å². The largest absolute Gasteiger partial charge is 0.384 e. The predicted octanol–water partition coefficient (Wildman–Crippen LogP) is 5.72. The van der Waals surface area contributed by atoms with Gasteiger partial charge in [0.2, 0.25) is 0 Å². The van der Waals surface area contributed by atoms with Gasteiger partial charge >= 0.3 is 0 Å². The molecule has 0 aliphatic carbocycles. The van der Waals surface area contributed by atoms with Crippen molar-refractivity contribution < 1.29 is 0 Å². The standard InChI is InChI=1S/C14H21ClIN/c1-2-3-4-5-6-7-10-17-14-9-8-12(16)11-13(14)15/h8-9,11,17H,2-7,10H2,1H3. The summed E-state index contributed by atoms with van der Waals surface area (Å²) < 4.78 is 1.18. The normalized spacial score (nSPS) is 10.5. The molecule has 0 saturated heterocycles. The molecule has 0 radical (unpaired) electrons. The number of benzene rings is 1. The van der Waals surface area contributed by atoms with E-state index in [1.54, 1.807) is 0 Å². The van der Waals surface area contributed by atoms with E-state index in [4.69, 9.17) is 11.6 Å². The zero-order chi connectivity index (χ0) is 12.5. The molecule has 0 fully saturated rings. The maximum atomic E-state index is 6.14. The van der Waals surface area contributed by atoms with Crippen molar-refractivity contribution in [3.05, 3.63) is 26.8 Å². The van der Waals surface area contributed by atoms with Crippen molar-refractivity contribution in [1.29, 1.82) is 0 Å². The Balaban J connectivity index is 2.14. The fourth-order valence-electron chi connectivity index (χ4n) is 1.76. The first-order chi connectivity index (χ1) is 8.24. The summed E-state index contributed by atoms with van der Waals surface area (Å²) in [5.41, 5.74) is 1.06. The molecule has 0 aromatic heterocycles. The maximum absolute atomic E-state index is 6.14. The summed E-state index contributed by atoms with van der Waals surface area (Å²) in [7, 11) is 0. The molecular weight excluding hydrogens is 345 g/mol. The number of anilines is 1. The molecule has 0 amide bonds. The quantitative estimate of drug-likeness (QED) is 0.459. The van der Waals surface area contributed by atoms with Crippen molar-refractivity contribution in [3.8, 4) is 0 Å². The predicted molar refractivity (Wildman–Crippen MR) is 86.0 cm³/mol. The van der Waals surface area contributed by atoms with Crippen LogP contribution < -0.4 is 5.32 Å². The fourth-order valence-corrected chi connectivity index (χ4v) is 2.68. The van der Waals surface area contributed by atoms with Crippen molar-refractivity contribution >= 4 is 39.9 Å².